The van der Waals surface area contributed by atoms with E-state index in [2.05, 4.69) is 19.1 Å². The summed E-state index contributed by atoms with van der Waals surface area (Å²) in [6.45, 7) is 3.91. The molecule has 0 aliphatic heterocycles. The van der Waals surface area contributed by atoms with Crippen LogP contribution in [0.1, 0.15) is 31.7 Å². The van der Waals surface area contributed by atoms with Crippen LogP contribution in [-0.4, -0.2) is 13.2 Å². The van der Waals surface area contributed by atoms with Crippen LogP contribution in [0, 0.1) is 0 Å². The van der Waals surface area contributed by atoms with Gasteiger partial charge >= 0.3 is 0 Å². The third-order valence-electron chi connectivity index (χ3n) is 2.41. The standard InChI is InChI=1S/C13H21NO/c1-2-3-4-10-15-11-9-12-5-7-13(14)8-6-12/h5-8H,2-4,9-11,14H2,1H3. The van der Waals surface area contributed by atoms with Gasteiger partial charge in [-0.1, -0.05) is 31.9 Å². The van der Waals surface area contributed by atoms with Gasteiger partial charge in [-0.2, -0.15) is 0 Å². The Balaban J connectivity index is 2.07. The Kier molecular flexibility index (Phi) is 5.86. The van der Waals surface area contributed by atoms with Gasteiger partial charge in [0.1, 0.15) is 0 Å². The second-order valence-corrected chi connectivity index (χ2v) is 3.81. The minimum absolute atomic E-state index is 0.813. The molecule has 1 rings (SSSR count). The van der Waals surface area contributed by atoms with E-state index in [9.17, 15) is 0 Å². The molecule has 0 fully saturated rings. The van der Waals surface area contributed by atoms with Crippen molar-refractivity contribution >= 4 is 5.69 Å². The molecule has 84 valence electrons. The molecular formula is C13H21NO. The molecule has 0 aliphatic carbocycles. The van der Waals surface area contributed by atoms with Crippen LogP contribution in [0.4, 0.5) is 5.69 Å². The van der Waals surface area contributed by atoms with Crippen LogP contribution >= 0.6 is 0 Å². The Bertz CT molecular complexity index is 256. The van der Waals surface area contributed by atoms with Gasteiger partial charge in [0, 0.05) is 12.3 Å². The monoisotopic (exact) mass is 207 g/mol. The number of unbranched alkanes of at least 4 members (excludes halogenated alkanes) is 2. The first-order chi connectivity index (χ1) is 7.33. The Hall–Kier alpha value is -1.02. The van der Waals surface area contributed by atoms with Crippen molar-refractivity contribution in [2.24, 2.45) is 0 Å². The summed E-state index contributed by atoms with van der Waals surface area (Å²) in [5.41, 5.74) is 7.72. The number of ether oxygens (including phenoxy) is 1. The molecule has 0 amide bonds. The van der Waals surface area contributed by atoms with E-state index >= 15 is 0 Å². The van der Waals surface area contributed by atoms with Gasteiger partial charge < -0.3 is 10.5 Å². The maximum absolute atomic E-state index is 5.61. The number of nitrogens with two attached hydrogens (primary N) is 1. The SMILES string of the molecule is CCCCCOCCc1ccc(N)cc1. The maximum Gasteiger partial charge on any atom is 0.0506 e. The molecule has 0 spiro atoms. The van der Waals surface area contributed by atoms with E-state index in [1.807, 2.05) is 12.1 Å². The fraction of sp³-hybridized carbons (Fsp3) is 0.538. The van der Waals surface area contributed by atoms with Crippen LogP contribution in [0.5, 0.6) is 0 Å². The van der Waals surface area contributed by atoms with Crippen LogP contribution < -0.4 is 5.73 Å². The summed E-state index contributed by atoms with van der Waals surface area (Å²) in [5, 5.41) is 0. The van der Waals surface area contributed by atoms with Gasteiger partial charge in [-0.25, -0.2) is 0 Å². The van der Waals surface area contributed by atoms with Crippen LogP contribution in [0.2, 0.25) is 0 Å². The van der Waals surface area contributed by atoms with Crippen LogP contribution in [0.15, 0.2) is 24.3 Å². The van der Waals surface area contributed by atoms with Gasteiger partial charge in [-0.05, 0) is 30.5 Å². The molecule has 0 saturated carbocycles. The lowest BCUT2D eigenvalue weighted by Crippen LogP contribution is -2.00. The predicted octanol–water partition coefficient (Wildman–Crippen LogP) is 3.02. The minimum Gasteiger partial charge on any atom is -0.399 e. The highest BCUT2D eigenvalue weighted by atomic mass is 16.5. The number of benzene rings is 1. The van der Waals surface area contributed by atoms with Gasteiger partial charge in [0.2, 0.25) is 0 Å². The lowest BCUT2D eigenvalue weighted by molar-refractivity contribution is 0.133. The summed E-state index contributed by atoms with van der Waals surface area (Å²) in [5.74, 6) is 0. The molecule has 0 saturated heterocycles. The summed E-state index contributed by atoms with van der Waals surface area (Å²) in [6, 6.07) is 7.99. The number of anilines is 1. The lowest BCUT2D eigenvalue weighted by Gasteiger charge is -2.04. The summed E-state index contributed by atoms with van der Waals surface area (Å²) >= 11 is 0. The van der Waals surface area contributed by atoms with Crippen LogP contribution in [0.3, 0.4) is 0 Å². The summed E-state index contributed by atoms with van der Waals surface area (Å²) in [7, 11) is 0. The average Bonchev–Trinajstić information content (AvgIpc) is 2.26. The van der Waals surface area contributed by atoms with E-state index in [0.717, 1.165) is 25.3 Å². The molecule has 2 N–H and O–H groups in total. The highest BCUT2D eigenvalue weighted by molar-refractivity contribution is 5.39. The summed E-state index contributed by atoms with van der Waals surface area (Å²) in [4.78, 5) is 0. The Morgan fingerprint density at radius 1 is 1.07 bits per heavy atom. The highest BCUT2D eigenvalue weighted by Crippen LogP contribution is 2.06. The van der Waals surface area contributed by atoms with E-state index in [4.69, 9.17) is 10.5 Å². The van der Waals surface area contributed by atoms with E-state index in [1.54, 1.807) is 0 Å². The van der Waals surface area contributed by atoms with Crippen molar-refractivity contribution in [1.29, 1.82) is 0 Å². The second-order valence-electron chi connectivity index (χ2n) is 3.81. The van der Waals surface area contributed by atoms with Gasteiger partial charge in [0.15, 0.2) is 0 Å². The number of rotatable bonds is 7. The number of nitrogen functional groups attached to an aromatic ring is 1. The Morgan fingerprint density at radius 3 is 2.47 bits per heavy atom. The first-order valence-corrected chi connectivity index (χ1v) is 5.75. The average molecular weight is 207 g/mol. The van der Waals surface area contributed by atoms with Crippen molar-refractivity contribution in [3.8, 4) is 0 Å². The molecule has 15 heavy (non-hydrogen) atoms. The van der Waals surface area contributed by atoms with Gasteiger partial charge in [-0.3, -0.25) is 0 Å². The van der Waals surface area contributed by atoms with Crippen molar-refractivity contribution < 1.29 is 4.74 Å². The van der Waals surface area contributed by atoms with Gasteiger partial charge in [0.25, 0.3) is 0 Å². The molecule has 0 aromatic heterocycles. The molecular weight excluding hydrogens is 186 g/mol. The predicted molar refractivity (Wildman–Crippen MR) is 64.9 cm³/mol. The third kappa shape index (κ3) is 5.43. The third-order valence-corrected chi connectivity index (χ3v) is 2.41. The second kappa shape index (κ2) is 7.30. The summed E-state index contributed by atoms with van der Waals surface area (Å²) < 4.78 is 5.54. The molecule has 0 heterocycles. The molecule has 1 aromatic carbocycles. The molecule has 0 radical (unpaired) electrons. The topological polar surface area (TPSA) is 35.2 Å². The number of hydrogen-bond donors (Lipinski definition) is 1. The molecule has 0 bridgehead atoms. The zero-order valence-electron chi connectivity index (χ0n) is 9.54. The zero-order valence-corrected chi connectivity index (χ0v) is 9.54. The van der Waals surface area contributed by atoms with E-state index in [1.165, 1.54) is 24.8 Å². The number of hydrogen-bond acceptors (Lipinski definition) is 2. The maximum atomic E-state index is 5.61. The van der Waals surface area contributed by atoms with Crippen LogP contribution in [-0.2, 0) is 11.2 Å². The molecule has 0 unspecified atom stereocenters. The normalized spacial score (nSPS) is 10.5. The van der Waals surface area contributed by atoms with Crippen molar-refractivity contribution in [2.45, 2.75) is 32.6 Å². The van der Waals surface area contributed by atoms with Gasteiger partial charge in [-0.15, -0.1) is 0 Å². The lowest BCUT2D eigenvalue weighted by atomic mass is 10.1. The highest BCUT2D eigenvalue weighted by Gasteiger charge is 1.93. The van der Waals surface area contributed by atoms with Crippen molar-refractivity contribution in [3.05, 3.63) is 29.8 Å². The molecule has 0 atom stereocenters. The van der Waals surface area contributed by atoms with Crippen molar-refractivity contribution in [2.75, 3.05) is 18.9 Å². The van der Waals surface area contributed by atoms with Crippen molar-refractivity contribution in [3.63, 3.8) is 0 Å². The zero-order chi connectivity index (χ0) is 10.9. The van der Waals surface area contributed by atoms with Gasteiger partial charge in [0.05, 0.1) is 6.61 Å². The van der Waals surface area contributed by atoms with Crippen LogP contribution in [0.25, 0.3) is 0 Å². The molecule has 2 heteroatoms. The fourth-order valence-corrected chi connectivity index (χ4v) is 1.43. The summed E-state index contributed by atoms with van der Waals surface area (Å²) in [6.07, 6.45) is 4.67. The van der Waals surface area contributed by atoms with E-state index in [-0.39, 0.29) is 0 Å². The Morgan fingerprint density at radius 2 is 1.80 bits per heavy atom. The first-order valence-electron chi connectivity index (χ1n) is 5.75. The molecule has 1 aromatic rings. The van der Waals surface area contributed by atoms with E-state index in [0.29, 0.717) is 0 Å². The largest absolute Gasteiger partial charge is 0.399 e. The quantitative estimate of drug-likeness (QED) is 0.551. The minimum atomic E-state index is 0.813. The molecule has 2 nitrogen and oxygen atoms in total. The van der Waals surface area contributed by atoms with E-state index < -0.39 is 0 Å². The fourth-order valence-electron chi connectivity index (χ4n) is 1.43. The molecule has 0 aliphatic rings. The Labute approximate surface area is 92.4 Å². The van der Waals surface area contributed by atoms with Crippen molar-refractivity contribution in [1.82, 2.24) is 0 Å². The first kappa shape index (κ1) is 12.1. The smallest absolute Gasteiger partial charge is 0.0506 e.